The molecule has 0 saturated carbocycles. The molecule has 0 aromatic heterocycles. The SMILES string of the molecule is CCC/N=C(/NC(C)(C)C)N(C)OCc1ccccc1. The van der Waals surface area contributed by atoms with Gasteiger partial charge in [-0.25, -0.2) is 5.06 Å². The molecule has 0 atom stereocenters. The molecule has 0 fully saturated rings. The van der Waals surface area contributed by atoms with Crippen LogP contribution in [0.1, 0.15) is 39.7 Å². The fraction of sp³-hybridized carbons (Fsp3) is 0.562. The Balaban J connectivity index is 2.61. The van der Waals surface area contributed by atoms with Gasteiger partial charge in [0, 0.05) is 19.1 Å². The highest BCUT2D eigenvalue weighted by molar-refractivity contribution is 5.79. The fourth-order valence-corrected chi connectivity index (χ4v) is 1.58. The summed E-state index contributed by atoms with van der Waals surface area (Å²) in [5.74, 6) is 0.773. The maximum Gasteiger partial charge on any atom is 0.218 e. The van der Waals surface area contributed by atoms with Crippen LogP contribution in [0, 0.1) is 0 Å². The number of guanidine groups is 1. The van der Waals surface area contributed by atoms with Crippen LogP contribution < -0.4 is 5.32 Å². The summed E-state index contributed by atoms with van der Waals surface area (Å²) >= 11 is 0. The highest BCUT2D eigenvalue weighted by Crippen LogP contribution is 2.05. The number of hydroxylamine groups is 2. The van der Waals surface area contributed by atoms with Gasteiger partial charge in [0.2, 0.25) is 5.96 Å². The van der Waals surface area contributed by atoms with Crippen LogP contribution in [0.4, 0.5) is 0 Å². The number of aliphatic imine (C=N–C) groups is 1. The average molecular weight is 277 g/mol. The van der Waals surface area contributed by atoms with Crippen molar-refractivity contribution in [1.82, 2.24) is 10.4 Å². The van der Waals surface area contributed by atoms with Crippen molar-refractivity contribution < 1.29 is 4.84 Å². The number of benzene rings is 1. The number of rotatable bonds is 5. The van der Waals surface area contributed by atoms with Gasteiger partial charge in [0.1, 0.15) is 6.61 Å². The maximum absolute atomic E-state index is 5.77. The minimum atomic E-state index is -0.0447. The van der Waals surface area contributed by atoms with E-state index < -0.39 is 0 Å². The van der Waals surface area contributed by atoms with Gasteiger partial charge < -0.3 is 5.32 Å². The molecule has 0 radical (unpaired) electrons. The number of nitrogens with zero attached hydrogens (tertiary/aromatic N) is 2. The molecule has 0 amide bonds. The molecule has 0 saturated heterocycles. The first-order valence-electron chi connectivity index (χ1n) is 7.15. The predicted octanol–water partition coefficient (Wildman–Crippen LogP) is 3.20. The average Bonchev–Trinajstić information content (AvgIpc) is 2.40. The first kappa shape index (κ1) is 16.5. The fourth-order valence-electron chi connectivity index (χ4n) is 1.58. The van der Waals surface area contributed by atoms with Gasteiger partial charge >= 0.3 is 0 Å². The number of nitrogens with one attached hydrogen (secondary N) is 1. The molecule has 0 aliphatic heterocycles. The minimum absolute atomic E-state index is 0.0447. The van der Waals surface area contributed by atoms with Gasteiger partial charge in [-0.3, -0.25) is 9.83 Å². The second-order valence-corrected chi connectivity index (χ2v) is 5.84. The number of hydrogen-bond donors (Lipinski definition) is 1. The van der Waals surface area contributed by atoms with Crippen molar-refractivity contribution in [2.24, 2.45) is 4.99 Å². The zero-order valence-electron chi connectivity index (χ0n) is 13.3. The van der Waals surface area contributed by atoms with Gasteiger partial charge in [-0.2, -0.15) is 0 Å². The Morgan fingerprint density at radius 3 is 2.45 bits per heavy atom. The molecule has 1 rings (SSSR count). The van der Waals surface area contributed by atoms with Crippen LogP contribution in [-0.2, 0) is 11.4 Å². The predicted molar refractivity (Wildman–Crippen MR) is 84.5 cm³/mol. The third kappa shape index (κ3) is 6.57. The third-order valence-electron chi connectivity index (χ3n) is 2.54. The summed E-state index contributed by atoms with van der Waals surface area (Å²) in [6.07, 6.45) is 1.02. The Bertz CT molecular complexity index is 409. The summed E-state index contributed by atoms with van der Waals surface area (Å²) in [5.41, 5.74) is 1.10. The molecule has 0 spiro atoms. The van der Waals surface area contributed by atoms with Crippen LogP contribution in [0.15, 0.2) is 35.3 Å². The Kier molecular flexibility index (Phi) is 6.52. The Labute approximate surface area is 122 Å². The lowest BCUT2D eigenvalue weighted by Crippen LogP contribution is -2.48. The van der Waals surface area contributed by atoms with Crippen LogP contribution in [-0.4, -0.2) is 30.2 Å². The summed E-state index contributed by atoms with van der Waals surface area (Å²) in [6, 6.07) is 10.1. The minimum Gasteiger partial charge on any atom is -0.350 e. The van der Waals surface area contributed by atoms with E-state index in [4.69, 9.17) is 4.84 Å². The smallest absolute Gasteiger partial charge is 0.218 e. The van der Waals surface area contributed by atoms with Crippen molar-refractivity contribution in [3.8, 4) is 0 Å². The van der Waals surface area contributed by atoms with Crippen molar-refractivity contribution in [1.29, 1.82) is 0 Å². The van der Waals surface area contributed by atoms with Gasteiger partial charge in [-0.15, -0.1) is 0 Å². The Morgan fingerprint density at radius 1 is 1.25 bits per heavy atom. The summed E-state index contributed by atoms with van der Waals surface area (Å²) in [6.45, 7) is 9.77. The van der Waals surface area contributed by atoms with E-state index in [0.29, 0.717) is 6.61 Å². The second-order valence-electron chi connectivity index (χ2n) is 5.84. The van der Waals surface area contributed by atoms with Crippen LogP contribution in [0.3, 0.4) is 0 Å². The topological polar surface area (TPSA) is 36.9 Å². The molecule has 20 heavy (non-hydrogen) atoms. The molecular weight excluding hydrogens is 250 g/mol. The van der Waals surface area contributed by atoms with Gasteiger partial charge in [0.15, 0.2) is 0 Å². The van der Waals surface area contributed by atoms with Gasteiger partial charge in [0.25, 0.3) is 0 Å². The molecule has 0 heterocycles. The number of hydrogen-bond acceptors (Lipinski definition) is 2. The zero-order chi connectivity index (χ0) is 15.0. The Hall–Kier alpha value is -1.55. The highest BCUT2D eigenvalue weighted by Gasteiger charge is 2.16. The summed E-state index contributed by atoms with van der Waals surface area (Å²) in [7, 11) is 1.89. The lowest BCUT2D eigenvalue weighted by atomic mass is 10.1. The molecule has 4 nitrogen and oxygen atoms in total. The maximum atomic E-state index is 5.77. The second kappa shape index (κ2) is 7.90. The van der Waals surface area contributed by atoms with Crippen molar-refractivity contribution in [2.45, 2.75) is 46.3 Å². The molecule has 1 aromatic carbocycles. The molecule has 1 aromatic rings. The van der Waals surface area contributed by atoms with E-state index in [2.05, 4.69) is 38.0 Å². The van der Waals surface area contributed by atoms with Crippen LogP contribution in [0.5, 0.6) is 0 Å². The van der Waals surface area contributed by atoms with Gasteiger partial charge in [-0.1, -0.05) is 37.3 Å². The first-order valence-corrected chi connectivity index (χ1v) is 7.15. The molecule has 112 valence electrons. The normalized spacial score (nSPS) is 12.3. The van der Waals surface area contributed by atoms with Crippen LogP contribution in [0.25, 0.3) is 0 Å². The van der Waals surface area contributed by atoms with Crippen molar-refractivity contribution in [2.75, 3.05) is 13.6 Å². The van der Waals surface area contributed by atoms with Gasteiger partial charge in [-0.05, 0) is 32.8 Å². The van der Waals surface area contributed by atoms with E-state index in [1.807, 2.05) is 37.4 Å². The van der Waals surface area contributed by atoms with Crippen LogP contribution in [0.2, 0.25) is 0 Å². The van der Waals surface area contributed by atoms with E-state index in [1.54, 1.807) is 5.06 Å². The van der Waals surface area contributed by atoms with E-state index in [-0.39, 0.29) is 5.54 Å². The third-order valence-corrected chi connectivity index (χ3v) is 2.54. The molecular formula is C16H27N3O. The lowest BCUT2D eigenvalue weighted by Gasteiger charge is -2.28. The molecule has 0 aliphatic rings. The first-order chi connectivity index (χ1) is 9.42. The van der Waals surface area contributed by atoms with Crippen molar-refractivity contribution >= 4 is 5.96 Å². The largest absolute Gasteiger partial charge is 0.350 e. The lowest BCUT2D eigenvalue weighted by molar-refractivity contribution is -0.0954. The molecule has 0 unspecified atom stereocenters. The molecule has 1 N–H and O–H groups in total. The van der Waals surface area contributed by atoms with Crippen molar-refractivity contribution in [3.05, 3.63) is 35.9 Å². The molecule has 0 aliphatic carbocycles. The summed E-state index contributed by atoms with van der Waals surface area (Å²) < 4.78 is 0. The standard InChI is InChI=1S/C16H27N3O/c1-6-12-17-15(18-16(2,3)4)19(5)20-13-14-10-8-7-9-11-14/h7-11H,6,12-13H2,1-5H3,(H,17,18). The summed E-state index contributed by atoms with van der Waals surface area (Å²) in [4.78, 5) is 10.3. The monoisotopic (exact) mass is 277 g/mol. The zero-order valence-corrected chi connectivity index (χ0v) is 13.3. The highest BCUT2D eigenvalue weighted by atomic mass is 16.7. The van der Waals surface area contributed by atoms with E-state index in [1.165, 1.54) is 0 Å². The van der Waals surface area contributed by atoms with Crippen molar-refractivity contribution in [3.63, 3.8) is 0 Å². The quantitative estimate of drug-likeness (QED) is 0.510. The van der Waals surface area contributed by atoms with E-state index in [0.717, 1.165) is 24.5 Å². The van der Waals surface area contributed by atoms with E-state index >= 15 is 0 Å². The molecule has 4 heteroatoms. The Morgan fingerprint density at radius 2 is 1.90 bits per heavy atom. The van der Waals surface area contributed by atoms with Gasteiger partial charge in [0.05, 0.1) is 0 Å². The van der Waals surface area contributed by atoms with E-state index in [9.17, 15) is 0 Å². The summed E-state index contributed by atoms with van der Waals surface area (Å²) in [5, 5.41) is 5.09. The van der Waals surface area contributed by atoms with Crippen LogP contribution >= 0.6 is 0 Å². The molecule has 0 bridgehead atoms.